The van der Waals surface area contributed by atoms with Crippen LogP contribution in [0, 0.1) is 5.41 Å². The fourth-order valence-electron chi connectivity index (χ4n) is 4.60. The SMILES string of the molecule is CC(C)(C)OC(=O)N1CCC2(CC1)CC(c1cccc(C3CC3)c1)C2. The van der Waals surface area contributed by atoms with E-state index in [-0.39, 0.29) is 6.09 Å². The summed E-state index contributed by atoms with van der Waals surface area (Å²) in [5, 5.41) is 0. The number of amides is 1. The van der Waals surface area contributed by atoms with Crippen LogP contribution in [0.3, 0.4) is 0 Å². The molecule has 1 heterocycles. The van der Waals surface area contributed by atoms with E-state index in [0.717, 1.165) is 37.8 Å². The van der Waals surface area contributed by atoms with Crippen LogP contribution in [0.5, 0.6) is 0 Å². The summed E-state index contributed by atoms with van der Waals surface area (Å²) in [5.41, 5.74) is 3.17. The first-order chi connectivity index (χ1) is 11.8. The van der Waals surface area contributed by atoms with Crippen molar-refractivity contribution >= 4 is 6.09 Å². The van der Waals surface area contributed by atoms with Gasteiger partial charge in [-0.25, -0.2) is 4.79 Å². The van der Waals surface area contributed by atoms with Crippen LogP contribution in [0.15, 0.2) is 24.3 Å². The highest BCUT2D eigenvalue weighted by Gasteiger charge is 2.47. The molecule has 1 spiro atoms. The van der Waals surface area contributed by atoms with Gasteiger partial charge in [-0.15, -0.1) is 0 Å². The van der Waals surface area contributed by atoms with Gasteiger partial charge in [0.2, 0.25) is 0 Å². The number of hydrogen-bond donors (Lipinski definition) is 0. The summed E-state index contributed by atoms with van der Waals surface area (Å²) in [4.78, 5) is 14.1. The molecule has 4 rings (SSSR count). The quantitative estimate of drug-likeness (QED) is 0.715. The van der Waals surface area contributed by atoms with Gasteiger partial charge in [-0.2, -0.15) is 0 Å². The van der Waals surface area contributed by atoms with Crippen LogP contribution in [0.1, 0.15) is 82.3 Å². The Morgan fingerprint density at radius 3 is 2.24 bits per heavy atom. The number of piperidine rings is 1. The van der Waals surface area contributed by atoms with Crippen molar-refractivity contribution in [1.29, 1.82) is 0 Å². The Morgan fingerprint density at radius 2 is 1.68 bits per heavy atom. The summed E-state index contributed by atoms with van der Waals surface area (Å²) in [5.74, 6) is 1.57. The Labute approximate surface area is 151 Å². The van der Waals surface area contributed by atoms with Gasteiger partial charge in [0.1, 0.15) is 5.60 Å². The smallest absolute Gasteiger partial charge is 0.410 e. The maximum atomic E-state index is 12.2. The molecule has 3 fully saturated rings. The summed E-state index contributed by atoms with van der Waals surface area (Å²) in [6, 6.07) is 9.33. The van der Waals surface area contributed by atoms with Gasteiger partial charge in [0.05, 0.1) is 0 Å². The first-order valence-corrected chi connectivity index (χ1v) is 9.91. The molecule has 3 heteroatoms. The molecule has 25 heavy (non-hydrogen) atoms. The first kappa shape index (κ1) is 16.9. The monoisotopic (exact) mass is 341 g/mol. The van der Waals surface area contributed by atoms with Gasteiger partial charge in [-0.3, -0.25) is 0 Å². The second-order valence-corrected chi connectivity index (χ2v) is 9.52. The fraction of sp³-hybridized carbons (Fsp3) is 0.682. The highest BCUT2D eigenvalue weighted by molar-refractivity contribution is 5.68. The molecule has 3 nitrogen and oxygen atoms in total. The van der Waals surface area contributed by atoms with Gasteiger partial charge in [0.15, 0.2) is 0 Å². The minimum absolute atomic E-state index is 0.143. The van der Waals surface area contributed by atoms with Crippen molar-refractivity contribution in [2.75, 3.05) is 13.1 Å². The Balaban J connectivity index is 1.30. The lowest BCUT2D eigenvalue weighted by Gasteiger charge is -2.52. The molecule has 0 bridgehead atoms. The number of ether oxygens (including phenoxy) is 1. The summed E-state index contributed by atoms with van der Waals surface area (Å²) in [6.45, 7) is 7.50. The van der Waals surface area contributed by atoms with Crippen LogP contribution in [0.4, 0.5) is 4.79 Å². The van der Waals surface area contributed by atoms with E-state index in [4.69, 9.17) is 4.74 Å². The Morgan fingerprint density at radius 1 is 1.08 bits per heavy atom. The molecule has 1 aromatic rings. The molecule has 136 valence electrons. The minimum atomic E-state index is -0.402. The topological polar surface area (TPSA) is 29.5 Å². The van der Waals surface area contributed by atoms with Crippen LogP contribution in [-0.2, 0) is 4.74 Å². The van der Waals surface area contributed by atoms with Crippen LogP contribution in [-0.4, -0.2) is 29.7 Å². The standard InChI is InChI=1S/C22H31NO2/c1-21(2,3)25-20(24)23-11-9-22(10-12-23)14-19(15-22)18-6-4-5-17(13-18)16-7-8-16/h4-6,13,16,19H,7-12,14-15H2,1-3H3. The number of benzene rings is 1. The predicted molar refractivity (Wildman–Crippen MR) is 99.9 cm³/mol. The number of likely N-dealkylation sites (tertiary alicyclic amines) is 1. The van der Waals surface area contributed by atoms with Crippen LogP contribution < -0.4 is 0 Å². The Kier molecular flexibility index (Phi) is 4.09. The van der Waals surface area contributed by atoms with E-state index >= 15 is 0 Å². The third-order valence-electron chi connectivity index (χ3n) is 6.27. The minimum Gasteiger partial charge on any atom is -0.444 e. The van der Waals surface area contributed by atoms with E-state index in [0.29, 0.717) is 5.41 Å². The first-order valence-electron chi connectivity index (χ1n) is 9.91. The molecule has 0 radical (unpaired) electrons. The van der Waals surface area contributed by atoms with E-state index in [1.54, 1.807) is 11.1 Å². The summed E-state index contributed by atoms with van der Waals surface area (Å²) >= 11 is 0. The molecule has 3 aliphatic rings. The van der Waals surface area contributed by atoms with Gasteiger partial charge in [-0.05, 0) is 87.7 Å². The molecule has 1 saturated heterocycles. The molecule has 2 saturated carbocycles. The zero-order valence-electron chi connectivity index (χ0n) is 15.9. The predicted octanol–water partition coefficient (Wildman–Crippen LogP) is 5.46. The number of hydrogen-bond acceptors (Lipinski definition) is 2. The maximum absolute atomic E-state index is 12.2. The van der Waals surface area contributed by atoms with Crippen LogP contribution in [0.2, 0.25) is 0 Å². The van der Waals surface area contributed by atoms with E-state index in [9.17, 15) is 4.79 Å². The van der Waals surface area contributed by atoms with Gasteiger partial charge in [0, 0.05) is 13.1 Å². The molecular formula is C22H31NO2. The van der Waals surface area contributed by atoms with Crippen molar-refractivity contribution in [3.63, 3.8) is 0 Å². The Bertz CT molecular complexity index is 640. The van der Waals surface area contributed by atoms with Crippen molar-refractivity contribution in [3.8, 4) is 0 Å². The lowest BCUT2D eigenvalue weighted by molar-refractivity contribution is -0.0121. The zero-order chi connectivity index (χ0) is 17.7. The highest BCUT2D eigenvalue weighted by Crippen LogP contribution is 2.57. The third kappa shape index (κ3) is 3.70. The van der Waals surface area contributed by atoms with Gasteiger partial charge < -0.3 is 9.64 Å². The van der Waals surface area contributed by atoms with Crippen molar-refractivity contribution in [3.05, 3.63) is 35.4 Å². The van der Waals surface area contributed by atoms with Crippen molar-refractivity contribution in [2.24, 2.45) is 5.41 Å². The normalized spacial score (nSPS) is 23.4. The van der Waals surface area contributed by atoms with Crippen molar-refractivity contribution in [1.82, 2.24) is 4.90 Å². The molecule has 1 amide bonds. The number of carbonyl (C=O) groups is 1. The average molecular weight is 341 g/mol. The average Bonchev–Trinajstić information content (AvgIpc) is 3.36. The fourth-order valence-corrected chi connectivity index (χ4v) is 4.60. The second-order valence-electron chi connectivity index (χ2n) is 9.52. The summed E-state index contributed by atoms with van der Waals surface area (Å²) in [7, 11) is 0. The molecule has 0 aromatic heterocycles. The number of rotatable bonds is 2. The zero-order valence-corrected chi connectivity index (χ0v) is 15.9. The van der Waals surface area contributed by atoms with Crippen molar-refractivity contribution < 1.29 is 9.53 Å². The Hall–Kier alpha value is -1.51. The second kappa shape index (κ2) is 6.03. The van der Waals surface area contributed by atoms with Crippen LogP contribution >= 0.6 is 0 Å². The largest absolute Gasteiger partial charge is 0.444 e. The van der Waals surface area contributed by atoms with E-state index in [1.807, 2.05) is 25.7 Å². The molecule has 1 aromatic carbocycles. The van der Waals surface area contributed by atoms with Crippen LogP contribution in [0.25, 0.3) is 0 Å². The third-order valence-corrected chi connectivity index (χ3v) is 6.27. The summed E-state index contributed by atoms with van der Waals surface area (Å²) < 4.78 is 5.52. The molecular weight excluding hydrogens is 310 g/mol. The van der Waals surface area contributed by atoms with E-state index in [1.165, 1.54) is 25.7 Å². The number of carbonyl (C=O) groups excluding carboxylic acids is 1. The summed E-state index contributed by atoms with van der Waals surface area (Å²) in [6.07, 6.45) is 7.45. The number of nitrogens with zero attached hydrogens (tertiary/aromatic N) is 1. The maximum Gasteiger partial charge on any atom is 0.410 e. The highest BCUT2D eigenvalue weighted by atomic mass is 16.6. The van der Waals surface area contributed by atoms with Crippen molar-refractivity contribution in [2.45, 2.75) is 76.7 Å². The lowest BCUT2D eigenvalue weighted by atomic mass is 9.56. The van der Waals surface area contributed by atoms with Gasteiger partial charge in [-0.1, -0.05) is 24.3 Å². The molecule has 0 N–H and O–H groups in total. The molecule has 2 aliphatic carbocycles. The molecule has 1 aliphatic heterocycles. The van der Waals surface area contributed by atoms with Gasteiger partial charge >= 0.3 is 6.09 Å². The van der Waals surface area contributed by atoms with E-state index < -0.39 is 5.60 Å². The van der Waals surface area contributed by atoms with Gasteiger partial charge in [0.25, 0.3) is 0 Å². The molecule has 0 atom stereocenters. The molecule has 0 unspecified atom stereocenters. The van der Waals surface area contributed by atoms with E-state index in [2.05, 4.69) is 24.3 Å². The lowest BCUT2D eigenvalue weighted by Crippen LogP contribution is -2.49.